The van der Waals surface area contributed by atoms with Gasteiger partial charge in [-0.2, -0.15) is 5.10 Å². The van der Waals surface area contributed by atoms with E-state index in [2.05, 4.69) is 36.5 Å². The molecule has 2 heterocycles. The van der Waals surface area contributed by atoms with Crippen LogP contribution < -0.4 is 5.32 Å². The maximum atomic E-state index is 14.0. The number of amides is 2. The third kappa shape index (κ3) is 4.76. The maximum absolute atomic E-state index is 14.0. The van der Waals surface area contributed by atoms with Crippen molar-refractivity contribution in [3.05, 3.63) is 41.6 Å². The second kappa shape index (κ2) is 10.2. The normalized spacial score (nSPS) is 24.2. The summed E-state index contributed by atoms with van der Waals surface area (Å²) in [6, 6.07) is 10.6. The van der Waals surface area contributed by atoms with Gasteiger partial charge in [-0.15, -0.1) is 0 Å². The first-order valence-corrected chi connectivity index (χ1v) is 13.8. The smallest absolute Gasteiger partial charge is 0.273 e. The van der Waals surface area contributed by atoms with Crippen LogP contribution in [0.1, 0.15) is 101 Å². The van der Waals surface area contributed by atoms with Gasteiger partial charge in [0, 0.05) is 17.6 Å². The number of benzene rings is 1. The molecule has 0 saturated heterocycles. The van der Waals surface area contributed by atoms with Crippen LogP contribution in [0.25, 0.3) is 11.3 Å². The number of nitrogens with one attached hydrogen (secondary N) is 1. The lowest BCUT2D eigenvalue weighted by molar-refractivity contribution is -0.135. The van der Waals surface area contributed by atoms with E-state index >= 15 is 0 Å². The van der Waals surface area contributed by atoms with Crippen molar-refractivity contribution < 1.29 is 9.59 Å². The molecule has 6 heteroatoms. The van der Waals surface area contributed by atoms with E-state index in [0.29, 0.717) is 12.2 Å². The fraction of sp³-hybridized carbons (Fsp3) is 0.621. The standard InChI is InChI=1S/C29H40N4O2/c1-3-21-15-17-22(18-16-21)25-19-26-27(34)33(24-13-9-6-10-14-24)29(2,20-32(26)31-25)28(35)30-23-11-7-4-5-8-12-23/h15-19,23-24H,3-14,20H2,1-2H3,(H,30,35). The Labute approximate surface area is 209 Å². The molecule has 6 nitrogen and oxygen atoms in total. The number of carbonyl (C=O) groups is 2. The maximum Gasteiger partial charge on any atom is 0.273 e. The van der Waals surface area contributed by atoms with E-state index in [0.717, 1.165) is 69.0 Å². The SMILES string of the molecule is CCc1ccc(-c2cc3n(n2)CC(C)(C(=O)NC2CCCCCC2)N(C2CCCCC2)C3=O)cc1. The van der Waals surface area contributed by atoms with Crippen LogP contribution in [0.5, 0.6) is 0 Å². The molecule has 0 spiro atoms. The molecule has 2 saturated carbocycles. The van der Waals surface area contributed by atoms with Gasteiger partial charge in [0.2, 0.25) is 5.91 Å². The van der Waals surface area contributed by atoms with Crippen LogP contribution in [0, 0.1) is 0 Å². The Hall–Kier alpha value is -2.63. The third-order valence-corrected chi connectivity index (χ3v) is 8.48. The van der Waals surface area contributed by atoms with E-state index in [1.165, 1.54) is 24.8 Å². The fourth-order valence-electron chi connectivity index (χ4n) is 6.33. The predicted octanol–water partition coefficient (Wildman–Crippen LogP) is 5.50. The lowest BCUT2D eigenvalue weighted by atomic mass is 9.86. The summed E-state index contributed by atoms with van der Waals surface area (Å²) in [7, 11) is 0. The van der Waals surface area contributed by atoms with Crippen LogP contribution in [0.2, 0.25) is 0 Å². The van der Waals surface area contributed by atoms with Crippen LogP contribution in [0.15, 0.2) is 30.3 Å². The van der Waals surface area contributed by atoms with Gasteiger partial charge in [-0.05, 0) is 50.7 Å². The van der Waals surface area contributed by atoms with Crippen molar-refractivity contribution in [3.8, 4) is 11.3 Å². The second-order valence-electron chi connectivity index (χ2n) is 11.0. The summed E-state index contributed by atoms with van der Waals surface area (Å²) in [5.74, 6) is -0.0658. The Kier molecular flexibility index (Phi) is 6.99. The van der Waals surface area contributed by atoms with Crippen LogP contribution in [-0.4, -0.2) is 44.1 Å². The van der Waals surface area contributed by atoms with Crippen molar-refractivity contribution in [1.82, 2.24) is 20.0 Å². The van der Waals surface area contributed by atoms with Crippen LogP contribution >= 0.6 is 0 Å². The van der Waals surface area contributed by atoms with E-state index in [4.69, 9.17) is 5.10 Å². The number of rotatable bonds is 5. The summed E-state index contributed by atoms with van der Waals surface area (Å²) < 4.78 is 1.79. The van der Waals surface area contributed by atoms with Gasteiger partial charge in [-0.25, -0.2) is 0 Å². The largest absolute Gasteiger partial charge is 0.351 e. The van der Waals surface area contributed by atoms with Gasteiger partial charge >= 0.3 is 0 Å². The third-order valence-electron chi connectivity index (χ3n) is 8.48. The number of fused-ring (bicyclic) bond motifs is 1. The van der Waals surface area contributed by atoms with Gasteiger partial charge < -0.3 is 10.2 Å². The minimum Gasteiger partial charge on any atom is -0.351 e. The zero-order chi connectivity index (χ0) is 24.4. The summed E-state index contributed by atoms with van der Waals surface area (Å²) in [5.41, 5.74) is 2.75. The predicted molar refractivity (Wildman–Crippen MR) is 138 cm³/mol. The van der Waals surface area contributed by atoms with Crippen LogP contribution in [0.4, 0.5) is 0 Å². The van der Waals surface area contributed by atoms with Crippen LogP contribution in [0.3, 0.4) is 0 Å². The molecule has 2 aliphatic carbocycles. The molecule has 1 aliphatic heterocycles. The van der Waals surface area contributed by atoms with E-state index in [1.807, 2.05) is 17.9 Å². The number of aromatic nitrogens is 2. The molecule has 5 rings (SSSR count). The van der Waals surface area contributed by atoms with Crippen molar-refractivity contribution in [1.29, 1.82) is 0 Å². The van der Waals surface area contributed by atoms with E-state index in [9.17, 15) is 9.59 Å². The van der Waals surface area contributed by atoms with Crippen molar-refractivity contribution in [2.45, 2.75) is 115 Å². The zero-order valence-corrected chi connectivity index (χ0v) is 21.4. The van der Waals surface area contributed by atoms with Gasteiger partial charge in [-0.1, -0.05) is 76.1 Å². The highest BCUT2D eigenvalue weighted by Gasteiger charge is 2.51. The zero-order valence-electron chi connectivity index (χ0n) is 21.4. The lowest BCUT2D eigenvalue weighted by Gasteiger charge is -2.48. The quantitative estimate of drug-likeness (QED) is 0.580. The molecule has 1 N–H and O–H groups in total. The van der Waals surface area contributed by atoms with Gasteiger partial charge in [0.15, 0.2) is 0 Å². The second-order valence-corrected chi connectivity index (χ2v) is 11.0. The van der Waals surface area contributed by atoms with E-state index in [1.54, 1.807) is 4.68 Å². The van der Waals surface area contributed by atoms with Crippen molar-refractivity contribution in [3.63, 3.8) is 0 Å². The molecule has 35 heavy (non-hydrogen) atoms. The first-order valence-electron chi connectivity index (χ1n) is 13.8. The van der Waals surface area contributed by atoms with Gasteiger partial charge in [0.25, 0.3) is 5.91 Å². The topological polar surface area (TPSA) is 67.2 Å². The Bertz CT molecular complexity index is 1050. The lowest BCUT2D eigenvalue weighted by Crippen LogP contribution is -2.67. The molecular formula is C29H40N4O2. The van der Waals surface area contributed by atoms with Crippen molar-refractivity contribution in [2.24, 2.45) is 0 Å². The molecule has 2 aromatic rings. The van der Waals surface area contributed by atoms with Crippen molar-refractivity contribution >= 4 is 11.8 Å². The molecule has 2 fully saturated rings. The summed E-state index contributed by atoms with van der Waals surface area (Å²) >= 11 is 0. The highest BCUT2D eigenvalue weighted by atomic mass is 16.2. The molecule has 3 aliphatic rings. The van der Waals surface area contributed by atoms with Gasteiger partial charge in [0.1, 0.15) is 11.2 Å². The van der Waals surface area contributed by atoms with Gasteiger partial charge in [0.05, 0.1) is 12.2 Å². The minimum atomic E-state index is -0.937. The molecule has 1 aromatic carbocycles. The van der Waals surface area contributed by atoms with Crippen LogP contribution in [-0.2, 0) is 17.8 Å². The Morgan fingerprint density at radius 3 is 2.29 bits per heavy atom. The van der Waals surface area contributed by atoms with Gasteiger partial charge in [-0.3, -0.25) is 14.3 Å². The average Bonchev–Trinajstić information content (AvgIpc) is 3.13. The van der Waals surface area contributed by atoms with E-state index < -0.39 is 5.54 Å². The fourth-order valence-corrected chi connectivity index (χ4v) is 6.33. The molecule has 1 aromatic heterocycles. The molecule has 1 unspecified atom stereocenters. The minimum absolute atomic E-state index is 0.0154. The first kappa shape index (κ1) is 24.1. The molecule has 1 atom stereocenters. The number of hydrogen-bond donors (Lipinski definition) is 1. The number of carbonyl (C=O) groups excluding carboxylic acids is 2. The number of aryl methyl sites for hydroxylation is 1. The molecular weight excluding hydrogens is 436 g/mol. The summed E-state index contributed by atoms with van der Waals surface area (Å²) in [6.07, 6.45) is 13.2. The average molecular weight is 477 g/mol. The van der Waals surface area contributed by atoms with Crippen molar-refractivity contribution in [2.75, 3.05) is 0 Å². The molecule has 0 bridgehead atoms. The summed E-state index contributed by atoms with van der Waals surface area (Å²) in [5, 5.41) is 8.20. The highest BCUT2D eigenvalue weighted by Crippen LogP contribution is 2.36. The first-order chi connectivity index (χ1) is 17.0. The molecule has 2 amide bonds. The Balaban J connectivity index is 1.47. The Morgan fingerprint density at radius 1 is 1.00 bits per heavy atom. The molecule has 0 radical (unpaired) electrons. The van der Waals surface area contributed by atoms with E-state index in [-0.39, 0.29) is 23.9 Å². The number of hydrogen-bond acceptors (Lipinski definition) is 3. The highest BCUT2D eigenvalue weighted by molar-refractivity contribution is 6.00. The summed E-state index contributed by atoms with van der Waals surface area (Å²) in [4.78, 5) is 29.9. The Morgan fingerprint density at radius 2 is 1.63 bits per heavy atom. The number of nitrogens with zero attached hydrogens (tertiary/aromatic N) is 3. The molecule has 188 valence electrons. The monoisotopic (exact) mass is 476 g/mol. The summed E-state index contributed by atoms with van der Waals surface area (Å²) in [6.45, 7) is 4.51.